The maximum Gasteiger partial charge on any atom is 0.410 e. The Morgan fingerprint density at radius 2 is 1.90 bits per heavy atom. The van der Waals surface area contributed by atoms with Gasteiger partial charge in [0.05, 0.1) is 22.1 Å². The van der Waals surface area contributed by atoms with Crippen molar-refractivity contribution in [2.75, 3.05) is 6.54 Å². The van der Waals surface area contributed by atoms with Gasteiger partial charge in [0.2, 0.25) is 0 Å². The molecule has 0 saturated carbocycles. The summed E-state index contributed by atoms with van der Waals surface area (Å²) >= 11 is 12.8. The fraction of sp³-hybridized carbons (Fsp3) is 0.375. The van der Waals surface area contributed by atoms with E-state index >= 15 is 0 Å². The molecule has 0 N–H and O–H groups in total. The fourth-order valence-electron chi connectivity index (χ4n) is 4.70. The summed E-state index contributed by atoms with van der Waals surface area (Å²) in [4.78, 5) is 14.5. The van der Waals surface area contributed by atoms with Gasteiger partial charge in [-0.2, -0.15) is 0 Å². The zero-order chi connectivity index (χ0) is 21.2. The topological polar surface area (TPSA) is 34.5 Å². The molecule has 0 aliphatic carbocycles. The Morgan fingerprint density at radius 3 is 2.67 bits per heavy atom. The SMILES string of the molecule is CC(C)(C)OC(=O)N1CCc2c(c3cc(-c4cccc(Cl)c4Cl)cc4c3n2CC4)C1. The van der Waals surface area contributed by atoms with Crippen LogP contribution >= 0.6 is 23.2 Å². The molecular formula is C24H24Cl2N2O2. The number of benzene rings is 2. The highest BCUT2D eigenvalue weighted by Gasteiger charge is 2.32. The van der Waals surface area contributed by atoms with E-state index < -0.39 is 5.60 Å². The van der Waals surface area contributed by atoms with Crippen LogP contribution in [-0.2, 0) is 30.7 Å². The number of aryl methyl sites for hydroxylation is 2. The second-order valence-corrected chi connectivity index (χ2v) is 9.90. The van der Waals surface area contributed by atoms with E-state index in [0.717, 1.165) is 30.5 Å². The van der Waals surface area contributed by atoms with E-state index in [9.17, 15) is 4.79 Å². The zero-order valence-corrected chi connectivity index (χ0v) is 18.9. The summed E-state index contributed by atoms with van der Waals surface area (Å²) in [6.07, 6.45) is 1.61. The Bertz CT molecular complexity index is 1190. The summed E-state index contributed by atoms with van der Waals surface area (Å²) in [7, 11) is 0. The van der Waals surface area contributed by atoms with Crippen LogP contribution in [0, 0.1) is 0 Å². The fourth-order valence-corrected chi connectivity index (χ4v) is 5.11. The second-order valence-electron chi connectivity index (χ2n) is 9.11. The van der Waals surface area contributed by atoms with Gasteiger partial charge in [0.1, 0.15) is 5.60 Å². The number of halogens is 2. The predicted molar refractivity (Wildman–Crippen MR) is 121 cm³/mol. The molecule has 2 aliphatic heterocycles. The Kier molecular flexibility index (Phi) is 4.57. The van der Waals surface area contributed by atoms with Gasteiger partial charge in [-0.1, -0.05) is 35.3 Å². The molecule has 0 atom stereocenters. The second kappa shape index (κ2) is 6.93. The average Bonchev–Trinajstić information content (AvgIpc) is 3.24. The van der Waals surface area contributed by atoms with Crippen molar-refractivity contribution in [3.63, 3.8) is 0 Å². The number of aromatic nitrogens is 1. The molecular weight excluding hydrogens is 419 g/mol. The minimum atomic E-state index is -0.500. The van der Waals surface area contributed by atoms with Crippen LogP contribution in [0.15, 0.2) is 30.3 Å². The summed E-state index contributed by atoms with van der Waals surface area (Å²) in [5.74, 6) is 0. The van der Waals surface area contributed by atoms with Crippen LogP contribution in [0.5, 0.6) is 0 Å². The molecule has 2 aliphatic rings. The first-order valence-corrected chi connectivity index (χ1v) is 11.1. The van der Waals surface area contributed by atoms with Gasteiger partial charge in [-0.3, -0.25) is 0 Å². The Hall–Kier alpha value is -2.17. The largest absolute Gasteiger partial charge is 0.444 e. The van der Waals surface area contributed by atoms with Crippen LogP contribution in [0.25, 0.3) is 22.0 Å². The minimum Gasteiger partial charge on any atom is -0.444 e. The molecule has 0 radical (unpaired) electrons. The molecule has 3 heterocycles. The number of nitrogens with zero attached hydrogens (tertiary/aromatic N) is 2. The molecule has 0 bridgehead atoms. The van der Waals surface area contributed by atoms with Crippen LogP contribution in [0.1, 0.15) is 37.6 Å². The lowest BCUT2D eigenvalue weighted by Gasteiger charge is -2.30. The maximum atomic E-state index is 12.7. The van der Waals surface area contributed by atoms with E-state index in [0.29, 0.717) is 23.1 Å². The third kappa shape index (κ3) is 3.17. The van der Waals surface area contributed by atoms with Gasteiger partial charge >= 0.3 is 6.09 Å². The smallest absolute Gasteiger partial charge is 0.410 e. The van der Waals surface area contributed by atoms with Crippen LogP contribution in [-0.4, -0.2) is 27.7 Å². The molecule has 6 heteroatoms. The van der Waals surface area contributed by atoms with Gasteiger partial charge in [0, 0.05) is 41.7 Å². The molecule has 1 amide bonds. The van der Waals surface area contributed by atoms with Crippen LogP contribution in [0.2, 0.25) is 10.0 Å². The quantitative estimate of drug-likeness (QED) is 0.432. The minimum absolute atomic E-state index is 0.250. The molecule has 1 aromatic heterocycles. The number of rotatable bonds is 1. The average molecular weight is 443 g/mol. The van der Waals surface area contributed by atoms with E-state index in [1.54, 1.807) is 0 Å². The van der Waals surface area contributed by atoms with Crippen LogP contribution < -0.4 is 0 Å². The van der Waals surface area contributed by atoms with Crippen molar-refractivity contribution in [1.29, 1.82) is 0 Å². The molecule has 0 fully saturated rings. The number of hydrogen-bond acceptors (Lipinski definition) is 2. The molecule has 4 nitrogen and oxygen atoms in total. The van der Waals surface area contributed by atoms with E-state index in [1.807, 2.05) is 43.9 Å². The van der Waals surface area contributed by atoms with E-state index in [4.69, 9.17) is 27.9 Å². The Morgan fingerprint density at radius 1 is 1.10 bits per heavy atom. The summed E-state index contributed by atoms with van der Waals surface area (Å²) in [5, 5.41) is 2.34. The van der Waals surface area contributed by atoms with Crippen molar-refractivity contribution in [1.82, 2.24) is 9.47 Å². The van der Waals surface area contributed by atoms with Gasteiger partial charge in [-0.25, -0.2) is 4.79 Å². The molecule has 0 unspecified atom stereocenters. The third-order valence-electron chi connectivity index (χ3n) is 5.94. The van der Waals surface area contributed by atoms with E-state index in [1.165, 1.54) is 27.7 Å². The lowest BCUT2D eigenvalue weighted by atomic mass is 9.96. The zero-order valence-electron chi connectivity index (χ0n) is 17.4. The number of ether oxygens (including phenoxy) is 1. The third-order valence-corrected chi connectivity index (χ3v) is 6.76. The maximum absolute atomic E-state index is 12.7. The monoisotopic (exact) mass is 442 g/mol. The van der Waals surface area contributed by atoms with Crippen molar-refractivity contribution in [3.8, 4) is 11.1 Å². The van der Waals surface area contributed by atoms with Crippen molar-refractivity contribution >= 4 is 40.2 Å². The molecule has 2 aromatic carbocycles. The lowest BCUT2D eigenvalue weighted by molar-refractivity contribution is 0.0223. The number of fused-ring (bicyclic) bond motifs is 3. The first-order valence-electron chi connectivity index (χ1n) is 10.3. The standard InChI is InChI=1S/C24H24Cl2N2O2/c1-24(2,3)30-23(29)27-9-8-20-18(13-27)17-12-15(11-14-7-10-28(20)22(14)17)16-5-4-6-19(25)21(16)26/h4-6,11-12H,7-10,13H2,1-3H3. The first kappa shape index (κ1) is 19.8. The highest BCUT2D eigenvalue weighted by Crippen LogP contribution is 2.41. The van der Waals surface area contributed by atoms with Gasteiger partial charge in [0.25, 0.3) is 0 Å². The molecule has 30 heavy (non-hydrogen) atoms. The summed E-state index contributed by atoms with van der Waals surface area (Å²) in [6.45, 7) is 7.94. The van der Waals surface area contributed by atoms with Gasteiger partial charge in [-0.15, -0.1) is 0 Å². The van der Waals surface area contributed by atoms with Gasteiger partial charge < -0.3 is 14.2 Å². The Balaban J connectivity index is 1.61. The lowest BCUT2D eigenvalue weighted by Crippen LogP contribution is -2.40. The predicted octanol–water partition coefficient (Wildman–Crippen LogP) is 6.46. The summed E-state index contributed by atoms with van der Waals surface area (Å²) in [5.41, 5.74) is 6.71. The molecule has 5 rings (SSSR count). The molecule has 156 valence electrons. The Labute approximate surface area is 186 Å². The highest BCUT2D eigenvalue weighted by molar-refractivity contribution is 6.43. The first-order chi connectivity index (χ1) is 14.2. The van der Waals surface area contributed by atoms with Gasteiger partial charge in [-0.05, 0) is 56.5 Å². The van der Waals surface area contributed by atoms with E-state index in [2.05, 4.69) is 16.7 Å². The van der Waals surface area contributed by atoms with Crippen LogP contribution in [0.3, 0.4) is 0 Å². The summed E-state index contributed by atoms with van der Waals surface area (Å²) in [6, 6.07) is 10.2. The van der Waals surface area contributed by atoms with Crippen molar-refractivity contribution in [2.45, 2.75) is 52.3 Å². The van der Waals surface area contributed by atoms with E-state index in [-0.39, 0.29) is 6.09 Å². The number of carbonyl (C=O) groups is 1. The van der Waals surface area contributed by atoms with Crippen molar-refractivity contribution < 1.29 is 9.53 Å². The van der Waals surface area contributed by atoms with Gasteiger partial charge in [0.15, 0.2) is 0 Å². The van der Waals surface area contributed by atoms with Crippen molar-refractivity contribution in [3.05, 3.63) is 57.2 Å². The van der Waals surface area contributed by atoms with Crippen molar-refractivity contribution in [2.24, 2.45) is 0 Å². The summed E-state index contributed by atoms with van der Waals surface area (Å²) < 4.78 is 8.06. The highest BCUT2D eigenvalue weighted by atomic mass is 35.5. The molecule has 3 aromatic rings. The number of amides is 1. The molecule has 0 spiro atoms. The number of hydrogen-bond donors (Lipinski definition) is 0. The normalized spacial score (nSPS) is 15.6. The number of carbonyl (C=O) groups excluding carboxylic acids is 1. The molecule has 0 saturated heterocycles. The van der Waals surface area contributed by atoms with Crippen LogP contribution in [0.4, 0.5) is 4.79 Å².